The third kappa shape index (κ3) is 31.4. The van der Waals surface area contributed by atoms with Gasteiger partial charge in [0.1, 0.15) is 24.4 Å². The first kappa shape index (κ1) is 55.9. The van der Waals surface area contributed by atoms with Gasteiger partial charge in [-0.25, -0.2) is 0 Å². The minimum absolute atomic E-state index is 0.163. The van der Waals surface area contributed by atoms with Crippen LogP contribution in [-0.4, -0.2) is 87.5 Å². The van der Waals surface area contributed by atoms with Crippen molar-refractivity contribution >= 4 is 5.91 Å². The molecule has 0 bridgehead atoms. The van der Waals surface area contributed by atoms with E-state index < -0.39 is 49.5 Å². The largest absolute Gasteiger partial charge is 0.394 e. The van der Waals surface area contributed by atoms with Gasteiger partial charge in [-0.1, -0.05) is 225 Å². The predicted molar refractivity (Wildman–Crippen MR) is 244 cm³/mol. The van der Waals surface area contributed by atoms with Crippen LogP contribution < -0.4 is 5.32 Å². The maximum atomic E-state index is 13.0. The molecule has 1 aliphatic heterocycles. The predicted octanol–water partition coefficient (Wildman–Crippen LogP) is 11.3. The van der Waals surface area contributed by atoms with E-state index in [-0.39, 0.29) is 12.5 Å². The summed E-state index contributed by atoms with van der Waals surface area (Å²) in [5.74, 6) is -0.163. The summed E-state index contributed by atoms with van der Waals surface area (Å²) in [5, 5.41) is 54.3. The van der Waals surface area contributed by atoms with E-state index in [9.17, 15) is 30.3 Å². The Hall–Kier alpha value is -1.07. The minimum atomic E-state index is -1.56. The third-order valence-electron chi connectivity index (χ3n) is 12.4. The van der Waals surface area contributed by atoms with E-state index in [1.807, 2.05) is 6.08 Å². The fraction of sp³-hybridized carbons (Fsp3) is 0.940. The van der Waals surface area contributed by atoms with Crippen LogP contribution in [-0.2, 0) is 14.3 Å². The van der Waals surface area contributed by atoms with Crippen molar-refractivity contribution in [2.75, 3.05) is 13.2 Å². The van der Waals surface area contributed by atoms with Crippen LogP contribution in [0.3, 0.4) is 0 Å². The number of hydrogen-bond acceptors (Lipinski definition) is 8. The molecule has 0 aliphatic carbocycles. The van der Waals surface area contributed by atoms with Gasteiger partial charge < -0.3 is 40.3 Å². The number of carbonyl (C=O) groups is 1. The molecule has 1 saturated heterocycles. The number of ether oxygens (including phenoxy) is 2. The first-order chi connectivity index (χ1) is 28.8. The lowest BCUT2D eigenvalue weighted by Crippen LogP contribution is -2.60. The number of nitrogens with one attached hydrogen (secondary N) is 1. The minimum Gasteiger partial charge on any atom is -0.394 e. The van der Waals surface area contributed by atoms with Crippen LogP contribution >= 0.6 is 0 Å². The quantitative estimate of drug-likeness (QED) is 0.0263. The lowest BCUT2D eigenvalue weighted by molar-refractivity contribution is -0.302. The van der Waals surface area contributed by atoms with Crippen molar-refractivity contribution in [1.29, 1.82) is 0 Å². The van der Waals surface area contributed by atoms with E-state index in [2.05, 4.69) is 25.2 Å². The van der Waals surface area contributed by atoms with Crippen molar-refractivity contribution in [2.45, 2.75) is 288 Å². The Kier molecular flexibility index (Phi) is 38.9. The molecule has 0 spiro atoms. The van der Waals surface area contributed by atoms with Crippen molar-refractivity contribution in [2.24, 2.45) is 0 Å². The number of unbranched alkanes of at least 4 members (excludes halogenated alkanes) is 32. The van der Waals surface area contributed by atoms with Crippen LogP contribution in [0, 0.1) is 0 Å². The van der Waals surface area contributed by atoms with Gasteiger partial charge in [-0.05, 0) is 25.7 Å². The molecule has 6 N–H and O–H groups in total. The molecule has 9 nitrogen and oxygen atoms in total. The van der Waals surface area contributed by atoms with E-state index in [4.69, 9.17) is 9.47 Å². The molecule has 1 fully saturated rings. The highest BCUT2D eigenvalue weighted by Crippen LogP contribution is 2.23. The van der Waals surface area contributed by atoms with E-state index >= 15 is 0 Å². The van der Waals surface area contributed by atoms with Crippen LogP contribution in [0.1, 0.15) is 245 Å². The molecular formula is C50H97NO8. The number of rotatable bonds is 43. The number of aliphatic hydroxyl groups is 5. The summed E-state index contributed by atoms with van der Waals surface area (Å²) in [6.07, 6.45) is 41.1. The Morgan fingerprint density at radius 2 is 0.949 bits per heavy atom. The van der Waals surface area contributed by atoms with Gasteiger partial charge in [0.15, 0.2) is 6.29 Å². The molecule has 1 aliphatic rings. The number of aliphatic hydroxyl groups excluding tert-OH is 5. The second-order valence-corrected chi connectivity index (χ2v) is 18.0. The zero-order chi connectivity index (χ0) is 43.0. The fourth-order valence-corrected chi connectivity index (χ4v) is 8.27. The van der Waals surface area contributed by atoms with Crippen molar-refractivity contribution in [1.82, 2.24) is 5.32 Å². The Bertz CT molecular complexity index is 935. The molecule has 0 aromatic rings. The Balaban J connectivity index is 2.23. The van der Waals surface area contributed by atoms with Gasteiger partial charge >= 0.3 is 0 Å². The molecule has 7 atom stereocenters. The van der Waals surface area contributed by atoms with Crippen molar-refractivity contribution in [3.8, 4) is 0 Å². The summed E-state index contributed by atoms with van der Waals surface area (Å²) in [7, 11) is 0. The first-order valence-corrected chi connectivity index (χ1v) is 25.4. The van der Waals surface area contributed by atoms with Crippen LogP contribution in [0.15, 0.2) is 12.2 Å². The van der Waals surface area contributed by atoms with Crippen molar-refractivity contribution in [3.63, 3.8) is 0 Å². The van der Waals surface area contributed by atoms with Crippen molar-refractivity contribution < 1.29 is 39.8 Å². The number of carbonyl (C=O) groups excluding carboxylic acids is 1. The van der Waals surface area contributed by atoms with Crippen LogP contribution in [0.4, 0.5) is 0 Å². The lowest BCUT2D eigenvalue weighted by atomic mass is 9.99. The van der Waals surface area contributed by atoms with Gasteiger partial charge in [0.2, 0.25) is 5.91 Å². The summed E-state index contributed by atoms with van der Waals surface area (Å²) in [6, 6.07) is -0.763. The average molecular weight is 840 g/mol. The normalized spacial score (nSPS) is 20.7. The number of allylic oxidation sites excluding steroid dienone is 1. The standard InChI is InChI=1S/C50H97NO8/c1-3-5-7-9-11-13-15-17-18-19-20-21-22-23-24-25-26-28-30-32-34-36-38-40-46(54)51-43(42-58-50-49(57)48(56)47(55)45(41-52)59-50)44(53)39-37-35-33-31-29-27-16-14-12-10-8-6-4-2/h35,37,43-45,47-50,52-53,55-57H,3-34,36,38-42H2,1-2H3,(H,51,54)/t43-,44+,45+,47+,48?,49?,50+/m0/s1. The molecule has 9 heteroatoms. The monoisotopic (exact) mass is 840 g/mol. The summed E-state index contributed by atoms with van der Waals surface area (Å²) in [6.45, 7) is 3.81. The van der Waals surface area contributed by atoms with Gasteiger partial charge in [-0.15, -0.1) is 0 Å². The molecule has 2 unspecified atom stereocenters. The summed E-state index contributed by atoms with van der Waals surface area (Å²) in [5.41, 5.74) is 0. The van der Waals surface area contributed by atoms with Crippen molar-refractivity contribution in [3.05, 3.63) is 12.2 Å². The Morgan fingerprint density at radius 1 is 0.559 bits per heavy atom. The zero-order valence-electron chi connectivity index (χ0n) is 38.5. The molecule has 350 valence electrons. The highest BCUT2D eigenvalue weighted by atomic mass is 16.7. The molecule has 0 aromatic carbocycles. The van der Waals surface area contributed by atoms with Gasteiger partial charge in [-0.3, -0.25) is 4.79 Å². The van der Waals surface area contributed by atoms with Gasteiger partial charge in [-0.2, -0.15) is 0 Å². The second kappa shape index (κ2) is 41.0. The van der Waals surface area contributed by atoms with E-state index in [0.717, 1.165) is 32.1 Å². The van der Waals surface area contributed by atoms with Crippen LogP contribution in [0.5, 0.6) is 0 Å². The third-order valence-corrected chi connectivity index (χ3v) is 12.4. The molecule has 1 heterocycles. The highest BCUT2D eigenvalue weighted by molar-refractivity contribution is 5.76. The van der Waals surface area contributed by atoms with E-state index in [1.54, 1.807) is 0 Å². The molecule has 1 rings (SSSR count). The maximum absolute atomic E-state index is 13.0. The summed E-state index contributed by atoms with van der Waals surface area (Å²) >= 11 is 0. The molecule has 1 amide bonds. The van der Waals surface area contributed by atoms with Gasteiger partial charge in [0, 0.05) is 6.42 Å². The molecule has 0 saturated carbocycles. The Morgan fingerprint density at radius 3 is 1.36 bits per heavy atom. The Labute approximate surface area is 363 Å². The number of hydrogen-bond donors (Lipinski definition) is 6. The SMILES string of the molecule is CCCCCCCCCCCCC=CC[C@@H](O)[C@H](CO[C@@H]1O[C@H](CO)[C@@H](O)C(O)C1O)NC(=O)CCCCCCCCCCCCCCCCCCCCCCCCC. The molecular weight excluding hydrogens is 743 g/mol. The number of amides is 1. The van der Waals surface area contributed by atoms with E-state index in [0.29, 0.717) is 12.8 Å². The first-order valence-electron chi connectivity index (χ1n) is 25.4. The maximum Gasteiger partial charge on any atom is 0.220 e. The lowest BCUT2D eigenvalue weighted by Gasteiger charge is -2.40. The fourth-order valence-electron chi connectivity index (χ4n) is 8.27. The zero-order valence-corrected chi connectivity index (χ0v) is 38.5. The molecule has 0 aromatic heterocycles. The van der Waals surface area contributed by atoms with Gasteiger partial charge in [0.05, 0.1) is 25.4 Å². The van der Waals surface area contributed by atoms with E-state index in [1.165, 1.54) is 186 Å². The van der Waals surface area contributed by atoms with Crippen LogP contribution in [0.25, 0.3) is 0 Å². The smallest absolute Gasteiger partial charge is 0.220 e. The van der Waals surface area contributed by atoms with Crippen LogP contribution in [0.2, 0.25) is 0 Å². The second-order valence-electron chi connectivity index (χ2n) is 18.0. The summed E-state index contributed by atoms with van der Waals surface area (Å²) in [4.78, 5) is 13.0. The average Bonchev–Trinajstić information content (AvgIpc) is 3.23. The summed E-state index contributed by atoms with van der Waals surface area (Å²) < 4.78 is 11.2. The highest BCUT2D eigenvalue weighted by Gasteiger charge is 2.44. The molecule has 59 heavy (non-hydrogen) atoms. The topological polar surface area (TPSA) is 149 Å². The van der Waals surface area contributed by atoms with Gasteiger partial charge in [0.25, 0.3) is 0 Å². The molecule has 0 radical (unpaired) electrons.